The third kappa shape index (κ3) is 3.31. The van der Waals surface area contributed by atoms with E-state index in [0.717, 1.165) is 5.56 Å². The SMILES string of the molecule is CC1(C)C(NS(=O)(=O)c2cn[nH]c2)CC1OCc1ccccc1. The van der Waals surface area contributed by atoms with E-state index in [9.17, 15) is 8.42 Å². The number of aromatic amines is 1. The molecule has 2 atom stereocenters. The van der Waals surface area contributed by atoms with Crippen LogP contribution in [-0.4, -0.2) is 30.8 Å². The van der Waals surface area contributed by atoms with E-state index in [-0.39, 0.29) is 22.5 Å². The molecule has 1 saturated carbocycles. The Morgan fingerprint density at radius 3 is 2.70 bits per heavy atom. The van der Waals surface area contributed by atoms with Gasteiger partial charge in [-0.3, -0.25) is 5.10 Å². The van der Waals surface area contributed by atoms with Crippen molar-refractivity contribution < 1.29 is 13.2 Å². The normalized spacial score (nSPS) is 23.4. The number of nitrogens with one attached hydrogen (secondary N) is 2. The molecule has 0 spiro atoms. The van der Waals surface area contributed by atoms with Crippen molar-refractivity contribution in [2.75, 3.05) is 0 Å². The smallest absolute Gasteiger partial charge is 0.243 e. The molecule has 2 unspecified atom stereocenters. The zero-order chi connectivity index (χ0) is 16.5. The maximum absolute atomic E-state index is 12.3. The fourth-order valence-corrected chi connectivity index (χ4v) is 4.09. The molecule has 7 heteroatoms. The lowest BCUT2D eigenvalue weighted by atomic mass is 9.65. The number of ether oxygens (including phenoxy) is 1. The van der Waals surface area contributed by atoms with Gasteiger partial charge in [-0.1, -0.05) is 44.2 Å². The summed E-state index contributed by atoms with van der Waals surface area (Å²) in [6, 6.07) is 9.81. The molecule has 6 nitrogen and oxygen atoms in total. The van der Waals surface area contributed by atoms with Gasteiger partial charge in [-0.2, -0.15) is 5.10 Å². The minimum atomic E-state index is -3.54. The highest BCUT2D eigenvalue weighted by molar-refractivity contribution is 7.89. The predicted molar refractivity (Wildman–Crippen MR) is 86.1 cm³/mol. The second kappa shape index (κ2) is 6.07. The van der Waals surface area contributed by atoms with Gasteiger partial charge < -0.3 is 4.74 Å². The van der Waals surface area contributed by atoms with E-state index in [1.807, 2.05) is 44.2 Å². The Kier molecular flexibility index (Phi) is 4.27. The molecule has 0 aliphatic heterocycles. The molecule has 1 heterocycles. The Bertz CT molecular complexity index is 742. The molecule has 1 aliphatic carbocycles. The maximum atomic E-state index is 12.3. The van der Waals surface area contributed by atoms with E-state index in [4.69, 9.17) is 4.74 Å². The molecule has 1 aromatic heterocycles. The standard InChI is InChI=1S/C16H21N3O3S/c1-16(2)14(19-23(20,21)13-9-17-18-10-13)8-15(16)22-11-12-6-4-3-5-7-12/h3-7,9-10,14-15,19H,8,11H2,1-2H3,(H,17,18). The van der Waals surface area contributed by atoms with Crippen molar-refractivity contribution in [2.24, 2.45) is 5.41 Å². The molecule has 23 heavy (non-hydrogen) atoms. The summed E-state index contributed by atoms with van der Waals surface area (Å²) in [6.07, 6.45) is 3.37. The van der Waals surface area contributed by atoms with Crippen LogP contribution in [0.25, 0.3) is 0 Å². The van der Waals surface area contributed by atoms with Crippen LogP contribution in [0, 0.1) is 5.41 Å². The summed E-state index contributed by atoms with van der Waals surface area (Å²) in [5, 5.41) is 6.20. The Labute approximate surface area is 136 Å². The summed E-state index contributed by atoms with van der Waals surface area (Å²) in [6.45, 7) is 4.58. The van der Waals surface area contributed by atoms with Crippen LogP contribution in [0.3, 0.4) is 0 Å². The first-order chi connectivity index (χ1) is 10.9. The number of hydrogen-bond donors (Lipinski definition) is 2. The van der Waals surface area contributed by atoms with Gasteiger partial charge in [-0.25, -0.2) is 13.1 Å². The van der Waals surface area contributed by atoms with Crippen LogP contribution in [0.1, 0.15) is 25.8 Å². The lowest BCUT2D eigenvalue weighted by molar-refractivity contribution is -0.119. The number of aromatic nitrogens is 2. The molecule has 3 rings (SSSR count). The van der Waals surface area contributed by atoms with Gasteiger partial charge in [-0.15, -0.1) is 0 Å². The number of hydrogen-bond acceptors (Lipinski definition) is 4. The Morgan fingerprint density at radius 1 is 1.35 bits per heavy atom. The summed E-state index contributed by atoms with van der Waals surface area (Å²) in [5.41, 5.74) is 0.858. The predicted octanol–water partition coefficient (Wildman–Crippen LogP) is 2.07. The number of nitrogens with zero attached hydrogens (tertiary/aromatic N) is 1. The average Bonchev–Trinajstić information content (AvgIpc) is 3.06. The maximum Gasteiger partial charge on any atom is 0.243 e. The third-order valence-electron chi connectivity index (χ3n) is 4.55. The number of H-pyrrole nitrogens is 1. The van der Waals surface area contributed by atoms with Crippen LogP contribution >= 0.6 is 0 Å². The molecule has 1 aromatic carbocycles. The van der Waals surface area contributed by atoms with Crippen LogP contribution in [0.15, 0.2) is 47.6 Å². The summed E-state index contributed by atoms with van der Waals surface area (Å²) < 4.78 is 33.2. The highest BCUT2D eigenvalue weighted by Gasteiger charge is 2.50. The van der Waals surface area contributed by atoms with Crippen molar-refractivity contribution in [2.45, 2.75) is 43.9 Å². The van der Waals surface area contributed by atoms with Gasteiger partial charge in [0.25, 0.3) is 0 Å². The van der Waals surface area contributed by atoms with Crippen LogP contribution in [0.2, 0.25) is 0 Å². The van der Waals surface area contributed by atoms with Gasteiger partial charge in [0.2, 0.25) is 10.0 Å². The molecule has 124 valence electrons. The molecule has 2 aromatic rings. The molecule has 1 fully saturated rings. The van der Waals surface area contributed by atoms with Crippen LogP contribution in [0.4, 0.5) is 0 Å². The number of rotatable bonds is 6. The van der Waals surface area contributed by atoms with E-state index >= 15 is 0 Å². The topological polar surface area (TPSA) is 84.1 Å². The quantitative estimate of drug-likeness (QED) is 0.846. The van der Waals surface area contributed by atoms with Crippen LogP contribution < -0.4 is 4.72 Å². The highest BCUT2D eigenvalue weighted by Crippen LogP contribution is 2.43. The molecular weight excluding hydrogens is 314 g/mol. The first kappa shape index (κ1) is 16.2. The summed E-state index contributed by atoms with van der Waals surface area (Å²) in [4.78, 5) is 0.155. The van der Waals surface area contributed by atoms with Gasteiger partial charge in [0, 0.05) is 17.7 Å². The van der Waals surface area contributed by atoms with Crippen molar-refractivity contribution in [3.8, 4) is 0 Å². The fraction of sp³-hybridized carbons (Fsp3) is 0.438. The summed E-state index contributed by atoms with van der Waals surface area (Å²) in [7, 11) is -3.54. The fourth-order valence-electron chi connectivity index (χ4n) is 2.78. The molecule has 0 amide bonds. The van der Waals surface area contributed by atoms with Gasteiger partial charge in [0.15, 0.2) is 0 Å². The monoisotopic (exact) mass is 335 g/mol. The molecule has 0 radical (unpaired) electrons. The second-order valence-electron chi connectivity index (χ2n) is 6.45. The van der Waals surface area contributed by atoms with Gasteiger partial charge in [0.05, 0.1) is 18.9 Å². The Hall–Kier alpha value is -1.70. The van der Waals surface area contributed by atoms with E-state index in [2.05, 4.69) is 14.9 Å². The second-order valence-corrected chi connectivity index (χ2v) is 8.16. The summed E-state index contributed by atoms with van der Waals surface area (Å²) >= 11 is 0. The highest BCUT2D eigenvalue weighted by atomic mass is 32.2. The first-order valence-corrected chi connectivity index (χ1v) is 9.04. The van der Waals surface area contributed by atoms with Crippen LogP contribution in [0.5, 0.6) is 0 Å². The first-order valence-electron chi connectivity index (χ1n) is 7.56. The zero-order valence-electron chi connectivity index (χ0n) is 13.2. The zero-order valence-corrected chi connectivity index (χ0v) is 14.0. The summed E-state index contributed by atoms with van der Waals surface area (Å²) in [5.74, 6) is 0. The van der Waals surface area contributed by atoms with Crippen molar-refractivity contribution in [3.63, 3.8) is 0 Å². The average molecular weight is 335 g/mol. The molecule has 0 bridgehead atoms. The van der Waals surface area contributed by atoms with Gasteiger partial charge >= 0.3 is 0 Å². The van der Waals surface area contributed by atoms with Gasteiger partial charge in [0.1, 0.15) is 4.90 Å². The minimum Gasteiger partial charge on any atom is -0.373 e. The van der Waals surface area contributed by atoms with Crippen LogP contribution in [-0.2, 0) is 21.4 Å². The van der Waals surface area contributed by atoms with Crippen molar-refractivity contribution >= 4 is 10.0 Å². The number of benzene rings is 1. The lowest BCUT2D eigenvalue weighted by Gasteiger charge is -2.51. The van der Waals surface area contributed by atoms with E-state index < -0.39 is 10.0 Å². The van der Waals surface area contributed by atoms with Crippen molar-refractivity contribution in [3.05, 3.63) is 48.3 Å². The minimum absolute atomic E-state index is 0.0276. The van der Waals surface area contributed by atoms with E-state index in [1.54, 1.807) is 0 Å². The molecule has 0 saturated heterocycles. The molecule has 1 aliphatic rings. The van der Waals surface area contributed by atoms with Crippen molar-refractivity contribution in [1.82, 2.24) is 14.9 Å². The van der Waals surface area contributed by atoms with Gasteiger partial charge in [-0.05, 0) is 12.0 Å². The van der Waals surface area contributed by atoms with E-state index in [0.29, 0.717) is 13.0 Å². The Morgan fingerprint density at radius 2 is 2.09 bits per heavy atom. The Balaban J connectivity index is 1.58. The lowest BCUT2D eigenvalue weighted by Crippen LogP contribution is -2.61. The number of sulfonamides is 1. The largest absolute Gasteiger partial charge is 0.373 e. The van der Waals surface area contributed by atoms with Crippen molar-refractivity contribution in [1.29, 1.82) is 0 Å². The van der Waals surface area contributed by atoms with E-state index in [1.165, 1.54) is 12.4 Å². The molecule has 2 N–H and O–H groups in total. The third-order valence-corrected chi connectivity index (χ3v) is 5.99. The molecular formula is C16H21N3O3S.